The average Bonchev–Trinajstić information content (AvgIpc) is 1.95. The van der Waals surface area contributed by atoms with E-state index >= 15 is 0 Å². The highest BCUT2D eigenvalue weighted by Crippen LogP contribution is 2.02. The van der Waals surface area contributed by atoms with Gasteiger partial charge in [-0.3, -0.25) is 0 Å². The van der Waals surface area contributed by atoms with Crippen molar-refractivity contribution in [1.82, 2.24) is 0 Å². The Morgan fingerprint density at radius 1 is 1.50 bits per heavy atom. The normalized spacial score (nSPS) is 9.30. The second-order valence-electron chi connectivity index (χ2n) is 2.02. The highest BCUT2D eigenvalue weighted by Gasteiger charge is 1.94. The average molecular weight is 146 g/mol. The van der Waals surface area contributed by atoms with Crippen LogP contribution in [0.2, 0.25) is 0 Å². The molecular weight excluding hydrogens is 138 g/mol. The van der Waals surface area contributed by atoms with Crippen LogP contribution in [0.15, 0.2) is 24.8 Å². The molecule has 1 aromatic carbocycles. The van der Waals surface area contributed by atoms with Crippen LogP contribution in [0.1, 0.15) is 5.56 Å². The molecule has 1 aromatic rings. The molecule has 0 bridgehead atoms. The van der Waals surface area contributed by atoms with Gasteiger partial charge < -0.3 is 5.73 Å². The Morgan fingerprint density at radius 3 is 2.70 bits per heavy atom. The molecule has 1 nitrogen and oxygen atoms in total. The third-order valence-corrected chi connectivity index (χ3v) is 1.93. The number of hydrogen-bond donors (Lipinski definition) is 1. The Morgan fingerprint density at radius 2 is 2.20 bits per heavy atom. The van der Waals surface area contributed by atoms with E-state index in [9.17, 15) is 0 Å². The second-order valence-corrected chi connectivity index (χ2v) is 2.52. The lowest BCUT2D eigenvalue weighted by molar-refractivity contribution is 1.70. The van der Waals surface area contributed by atoms with Crippen molar-refractivity contribution in [3.05, 3.63) is 30.3 Å². The van der Waals surface area contributed by atoms with Crippen LogP contribution in [0.5, 0.6) is 0 Å². The maximum atomic E-state index is 5.60. The van der Waals surface area contributed by atoms with E-state index in [1.165, 1.54) is 0 Å². The molecule has 0 heterocycles. The fourth-order valence-electron chi connectivity index (χ4n) is 0.759. The Hall–Kier alpha value is -1.02. The summed E-state index contributed by atoms with van der Waals surface area (Å²) in [4.78, 5) is 0. The van der Waals surface area contributed by atoms with E-state index in [0.29, 0.717) is 0 Å². The van der Waals surface area contributed by atoms with Gasteiger partial charge in [-0.1, -0.05) is 24.8 Å². The summed E-state index contributed by atoms with van der Waals surface area (Å²) in [5.41, 5.74) is 7.37. The van der Waals surface area contributed by atoms with Gasteiger partial charge in [0.25, 0.3) is 0 Å². The van der Waals surface area contributed by atoms with Gasteiger partial charge in [-0.15, -0.1) is 0 Å². The van der Waals surface area contributed by atoms with Gasteiger partial charge in [0.2, 0.25) is 0 Å². The lowest BCUT2D eigenvalue weighted by atomic mass is 10.2. The molecule has 0 aliphatic carbocycles. The zero-order chi connectivity index (χ0) is 7.56. The Balaban J connectivity index is 3.27. The van der Waals surface area contributed by atoms with Gasteiger partial charge in [0.15, 0.2) is 0 Å². The molecule has 49 valence electrons. The van der Waals surface area contributed by atoms with Crippen molar-refractivity contribution < 1.29 is 0 Å². The molecule has 0 unspecified atom stereocenters. The van der Waals surface area contributed by atoms with Crippen molar-refractivity contribution in [2.75, 3.05) is 5.73 Å². The molecule has 0 aliphatic heterocycles. The van der Waals surface area contributed by atoms with Crippen molar-refractivity contribution in [2.24, 2.45) is 0 Å². The lowest BCUT2D eigenvalue weighted by Crippen LogP contribution is -2.12. The Kier molecular flexibility index (Phi) is 1.92. The smallest absolute Gasteiger partial charge is 0.0749 e. The number of rotatable bonds is 1. The molecule has 0 saturated carbocycles. The van der Waals surface area contributed by atoms with Gasteiger partial charge in [0.1, 0.15) is 0 Å². The largest absolute Gasteiger partial charge is 0.399 e. The van der Waals surface area contributed by atoms with Crippen LogP contribution in [-0.4, -0.2) is 10.2 Å². The van der Waals surface area contributed by atoms with Gasteiger partial charge in [0.05, 0.1) is 10.2 Å². The quantitative estimate of drug-likeness (QED) is 0.458. The van der Waals surface area contributed by atoms with Gasteiger partial charge in [-0.2, -0.15) is 0 Å². The predicted octanol–water partition coefficient (Wildman–Crippen LogP) is 0.706. The Bertz CT molecular complexity index is 255. The van der Waals surface area contributed by atoms with Crippen molar-refractivity contribution in [3.63, 3.8) is 0 Å². The highest BCUT2D eigenvalue weighted by atomic mass is 28.1. The summed E-state index contributed by atoms with van der Waals surface area (Å²) in [6, 6.07) is 5.69. The van der Waals surface area contributed by atoms with Gasteiger partial charge in [0, 0.05) is 5.69 Å². The van der Waals surface area contributed by atoms with E-state index in [1.807, 2.05) is 18.2 Å². The first kappa shape index (κ1) is 7.09. The fourth-order valence-corrected chi connectivity index (χ4v) is 1.03. The van der Waals surface area contributed by atoms with Crippen molar-refractivity contribution in [2.45, 2.75) is 0 Å². The summed E-state index contributed by atoms with van der Waals surface area (Å²) in [5.74, 6) is 0. The molecule has 0 amide bonds. The molecular formula is C8H8NSi. The summed E-state index contributed by atoms with van der Waals surface area (Å²) in [7, 11) is 3.39. The van der Waals surface area contributed by atoms with Crippen LogP contribution in [-0.2, 0) is 0 Å². The molecule has 0 aliphatic rings. The molecule has 10 heavy (non-hydrogen) atoms. The molecule has 3 radical (unpaired) electrons. The van der Waals surface area contributed by atoms with E-state index < -0.39 is 0 Å². The number of nitrogens with two attached hydrogens (primary N) is 1. The molecule has 2 heteroatoms. The van der Waals surface area contributed by atoms with Crippen LogP contribution in [0.3, 0.4) is 0 Å². The van der Waals surface area contributed by atoms with Crippen molar-refractivity contribution in [1.29, 1.82) is 0 Å². The summed E-state index contributed by atoms with van der Waals surface area (Å²) in [5, 5.41) is 0.914. The summed E-state index contributed by atoms with van der Waals surface area (Å²) >= 11 is 0. The first-order chi connectivity index (χ1) is 4.75. The van der Waals surface area contributed by atoms with Gasteiger partial charge in [-0.05, 0) is 16.8 Å². The van der Waals surface area contributed by atoms with E-state index in [4.69, 9.17) is 5.73 Å². The van der Waals surface area contributed by atoms with Crippen LogP contribution >= 0.6 is 0 Å². The molecule has 2 N–H and O–H groups in total. The van der Waals surface area contributed by atoms with E-state index in [-0.39, 0.29) is 0 Å². The number of benzene rings is 1. The van der Waals surface area contributed by atoms with Crippen molar-refractivity contribution >= 4 is 27.2 Å². The minimum absolute atomic E-state index is 0.745. The maximum Gasteiger partial charge on any atom is 0.0749 e. The number of anilines is 1. The van der Waals surface area contributed by atoms with E-state index in [2.05, 4.69) is 16.8 Å². The second kappa shape index (κ2) is 2.71. The highest BCUT2D eigenvalue weighted by molar-refractivity contribution is 6.37. The van der Waals surface area contributed by atoms with Crippen LogP contribution < -0.4 is 10.9 Å². The summed E-state index contributed by atoms with van der Waals surface area (Å²) in [6.45, 7) is 3.65. The van der Waals surface area contributed by atoms with Gasteiger partial charge >= 0.3 is 0 Å². The molecule has 1 rings (SSSR count). The fraction of sp³-hybridized carbons (Fsp3) is 0. The first-order valence-electron chi connectivity index (χ1n) is 2.98. The van der Waals surface area contributed by atoms with Crippen LogP contribution in [0, 0.1) is 0 Å². The maximum absolute atomic E-state index is 5.60. The standard InChI is InChI=1S/C8H8NSi/c1-2-6-4-3-5-7(9)8(6)10/h2-5H,1,9H2. The zero-order valence-electron chi connectivity index (χ0n) is 5.59. The minimum Gasteiger partial charge on any atom is -0.399 e. The third-order valence-electron chi connectivity index (χ3n) is 1.35. The molecule has 0 saturated heterocycles. The van der Waals surface area contributed by atoms with E-state index in [1.54, 1.807) is 6.08 Å². The lowest BCUT2D eigenvalue weighted by Gasteiger charge is -2.01. The van der Waals surface area contributed by atoms with Crippen LogP contribution in [0.4, 0.5) is 5.69 Å². The summed E-state index contributed by atoms with van der Waals surface area (Å²) < 4.78 is 0. The molecule has 0 fully saturated rings. The molecule has 0 spiro atoms. The zero-order valence-corrected chi connectivity index (χ0v) is 6.59. The summed E-state index contributed by atoms with van der Waals surface area (Å²) in [6.07, 6.45) is 1.76. The molecule has 0 atom stereocenters. The van der Waals surface area contributed by atoms with E-state index in [0.717, 1.165) is 16.4 Å². The topological polar surface area (TPSA) is 26.0 Å². The third kappa shape index (κ3) is 1.11. The van der Waals surface area contributed by atoms with Crippen LogP contribution in [0.25, 0.3) is 6.08 Å². The predicted molar refractivity (Wildman–Crippen MR) is 46.3 cm³/mol. The Labute approximate surface area is 64.0 Å². The number of hydrogen-bond acceptors (Lipinski definition) is 1. The number of nitrogen functional groups attached to an aromatic ring is 1. The monoisotopic (exact) mass is 146 g/mol. The molecule has 0 aromatic heterocycles. The van der Waals surface area contributed by atoms with Crippen molar-refractivity contribution in [3.8, 4) is 0 Å². The SMILES string of the molecule is C=Cc1cccc(N)c1[Si]. The first-order valence-corrected chi connectivity index (χ1v) is 3.48. The minimum atomic E-state index is 0.745. The van der Waals surface area contributed by atoms with Gasteiger partial charge in [-0.25, -0.2) is 0 Å².